The molecule has 1 aromatic carbocycles. The number of ether oxygens (including phenoxy) is 1. The fourth-order valence-electron chi connectivity index (χ4n) is 3.64. The molecule has 0 aliphatic carbocycles. The number of hydrogen-bond donors (Lipinski definition) is 0. The fourth-order valence-corrected chi connectivity index (χ4v) is 3.64. The highest BCUT2D eigenvalue weighted by Crippen LogP contribution is 2.29. The molecular formula is C18H19N3O5. The van der Waals surface area contributed by atoms with Crippen molar-refractivity contribution in [2.75, 3.05) is 33.0 Å². The third-order valence-corrected chi connectivity index (χ3v) is 5.07. The molecule has 2 fully saturated rings. The van der Waals surface area contributed by atoms with Crippen LogP contribution in [0.1, 0.15) is 33.6 Å². The van der Waals surface area contributed by atoms with Crippen LogP contribution in [0.4, 0.5) is 0 Å². The molecule has 0 aromatic heterocycles. The predicted octanol–water partition coefficient (Wildman–Crippen LogP) is 0.0899. The molecule has 0 saturated carbocycles. The number of amides is 4. The Kier molecular flexibility index (Phi) is 4.29. The first-order valence-corrected chi connectivity index (χ1v) is 8.69. The Morgan fingerprint density at radius 1 is 0.962 bits per heavy atom. The Bertz CT molecular complexity index is 752. The summed E-state index contributed by atoms with van der Waals surface area (Å²) in [6.45, 7) is 2.54. The number of likely N-dealkylation sites (tertiary alicyclic amines) is 1. The zero-order chi connectivity index (χ0) is 18.3. The molecule has 1 atom stereocenters. The summed E-state index contributed by atoms with van der Waals surface area (Å²) < 4.78 is 5.28. The predicted molar refractivity (Wildman–Crippen MR) is 89.1 cm³/mol. The highest BCUT2D eigenvalue weighted by Gasteiger charge is 2.47. The van der Waals surface area contributed by atoms with E-state index < -0.39 is 23.8 Å². The molecule has 0 bridgehead atoms. The third-order valence-electron chi connectivity index (χ3n) is 5.07. The lowest BCUT2D eigenvalue weighted by molar-refractivity contribution is -0.155. The van der Waals surface area contributed by atoms with Gasteiger partial charge in [-0.25, -0.2) is 0 Å². The first-order chi connectivity index (χ1) is 12.6. The van der Waals surface area contributed by atoms with Crippen molar-refractivity contribution in [1.29, 1.82) is 0 Å². The summed E-state index contributed by atoms with van der Waals surface area (Å²) in [6.07, 6.45) is 0.302. The number of hydrogen-bond acceptors (Lipinski definition) is 6. The van der Waals surface area contributed by atoms with Gasteiger partial charge in [-0.2, -0.15) is 0 Å². The van der Waals surface area contributed by atoms with E-state index in [-0.39, 0.29) is 25.4 Å². The van der Waals surface area contributed by atoms with Gasteiger partial charge < -0.3 is 4.74 Å². The van der Waals surface area contributed by atoms with Crippen LogP contribution in [-0.4, -0.2) is 77.3 Å². The number of rotatable bonds is 3. The van der Waals surface area contributed by atoms with Gasteiger partial charge in [-0.1, -0.05) is 12.1 Å². The van der Waals surface area contributed by atoms with Crippen molar-refractivity contribution in [1.82, 2.24) is 14.7 Å². The highest BCUT2D eigenvalue weighted by atomic mass is 16.5. The van der Waals surface area contributed by atoms with Gasteiger partial charge in [0, 0.05) is 19.5 Å². The maximum atomic E-state index is 12.9. The molecule has 8 heteroatoms. The summed E-state index contributed by atoms with van der Waals surface area (Å²) in [5.74, 6) is -1.69. The molecule has 4 amide bonds. The van der Waals surface area contributed by atoms with E-state index in [4.69, 9.17) is 4.74 Å². The molecule has 3 aliphatic heterocycles. The van der Waals surface area contributed by atoms with Gasteiger partial charge in [-0.15, -0.1) is 0 Å². The number of imide groups is 2. The number of carbonyl (C=O) groups excluding carboxylic acids is 4. The average Bonchev–Trinajstić information content (AvgIpc) is 2.91. The van der Waals surface area contributed by atoms with Crippen LogP contribution < -0.4 is 0 Å². The normalized spacial score (nSPS) is 24.4. The monoisotopic (exact) mass is 357 g/mol. The van der Waals surface area contributed by atoms with Gasteiger partial charge in [0.2, 0.25) is 5.91 Å². The van der Waals surface area contributed by atoms with Crippen molar-refractivity contribution in [2.24, 2.45) is 0 Å². The summed E-state index contributed by atoms with van der Waals surface area (Å²) >= 11 is 0. The van der Waals surface area contributed by atoms with E-state index >= 15 is 0 Å². The lowest BCUT2D eigenvalue weighted by Gasteiger charge is -2.38. The molecule has 0 N–H and O–H groups in total. The minimum atomic E-state index is -0.929. The molecule has 8 nitrogen and oxygen atoms in total. The summed E-state index contributed by atoms with van der Waals surface area (Å²) in [7, 11) is 0. The fraction of sp³-hybridized carbons (Fsp3) is 0.444. The van der Waals surface area contributed by atoms with Gasteiger partial charge in [-0.3, -0.25) is 33.9 Å². The maximum Gasteiger partial charge on any atom is 0.262 e. The van der Waals surface area contributed by atoms with Crippen LogP contribution >= 0.6 is 0 Å². The minimum Gasteiger partial charge on any atom is -0.379 e. The molecule has 136 valence electrons. The number of nitrogens with zero attached hydrogens (tertiary/aromatic N) is 3. The molecule has 0 unspecified atom stereocenters. The van der Waals surface area contributed by atoms with Crippen LogP contribution in [0.3, 0.4) is 0 Å². The summed E-state index contributed by atoms with van der Waals surface area (Å²) in [6, 6.07) is 5.61. The van der Waals surface area contributed by atoms with Crippen LogP contribution in [0.5, 0.6) is 0 Å². The van der Waals surface area contributed by atoms with Crippen LogP contribution in [0.15, 0.2) is 24.3 Å². The third kappa shape index (κ3) is 2.71. The second-order valence-electron chi connectivity index (χ2n) is 6.61. The molecule has 0 spiro atoms. The minimum absolute atomic E-state index is 0.133. The first kappa shape index (κ1) is 16.9. The van der Waals surface area contributed by atoms with Crippen LogP contribution in [0.25, 0.3) is 0 Å². The van der Waals surface area contributed by atoms with Crippen molar-refractivity contribution in [3.05, 3.63) is 35.4 Å². The second kappa shape index (κ2) is 6.62. The van der Waals surface area contributed by atoms with Gasteiger partial charge >= 0.3 is 0 Å². The van der Waals surface area contributed by atoms with Crippen LogP contribution in [0, 0.1) is 0 Å². The number of morpholine rings is 1. The van der Waals surface area contributed by atoms with E-state index in [0.29, 0.717) is 37.4 Å². The zero-order valence-electron chi connectivity index (χ0n) is 14.2. The van der Waals surface area contributed by atoms with Gasteiger partial charge in [0.05, 0.1) is 31.0 Å². The van der Waals surface area contributed by atoms with E-state index in [1.807, 2.05) is 4.90 Å². The lowest BCUT2D eigenvalue weighted by Crippen LogP contribution is -2.58. The van der Waals surface area contributed by atoms with E-state index in [2.05, 4.69) is 0 Å². The van der Waals surface area contributed by atoms with Crippen LogP contribution in [-0.2, 0) is 14.3 Å². The standard InChI is InChI=1S/C18H19N3O5/c22-15-6-5-14(18(25)20(15)11-19-7-9-26-10-8-19)21-16(23)12-3-1-2-4-13(12)17(21)24/h1-4,14H,5-11H2/t14-/m0/s1. The van der Waals surface area contributed by atoms with Crippen molar-refractivity contribution < 1.29 is 23.9 Å². The van der Waals surface area contributed by atoms with Crippen molar-refractivity contribution in [3.8, 4) is 0 Å². The van der Waals surface area contributed by atoms with E-state index in [9.17, 15) is 19.2 Å². The van der Waals surface area contributed by atoms with Crippen molar-refractivity contribution >= 4 is 23.6 Å². The number of piperidine rings is 1. The highest BCUT2D eigenvalue weighted by molar-refractivity contribution is 6.23. The van der Waals surface area contributed by atoms with Crippen molar-refractivity contribution in [2.45, 2.75) is 18.9 Å². The molecule has 2 saturated heterocycles. The van der Waals surface area contributed by atoms with Gasteiger partial charge in [0.25, 0.3) is 17.7 Å². The molecule has 3 aliphatic rings. The Labute approximate surface area is 150 Å². The van der Waals surface area contributed by atoms with Crippen LogP contribution in [0.2, 0.25) is 0 Å². The SMILES string of the molecule is O=C1CC[C@H](N2C(=O)c3ccccc3C2=O)C(=O)N1CN1CCOCC1. The van der Waals surface area contributed by atoms with Gasteiger partial charge in [-0.05, 0) is 18.6 Å². The molecule has 4 rings (SSSR count). The summed E-state index contributed by atoms with van der Waals surface area (Å²) in [5, 5.41) is 0. The second-order valence-corrected chi connectivity index (χ2v) is 6.61. The van der Waals surface area contributed by atoms with Gasteiger partial charge in [0.1, 0.15) is 6.04 Å². The number of fused-ring (bicyclic) bond motifs is 1. The van der Waals surface area contributed by atoms with Gasteiger partial charge in [0.15, 0.2) is 0 Å². The quantitative estimate of drug-likeness (QED) is 0.713. The largest absolute Gasteiger partial charge is 0.379 e. The zero-order valence-corrected chi connectivity index (χ0v) is 14.2. The Morgan fingerprint density at radius 3 is 2.19 bits per heavy atom. The Balaban J connectivity index is 1.56. The smallest absolute Gasteiger partial charge is 0.262 e. The van der Waals surface area contributed by atoms with E-state index in [1.54, 1.807) is 24.3 Å². The molecule has 1 aromatic rings. The molecule has 3 heterocycles. The van der Waals surface area contributed by atoms with Crippen molar-refractivity contribution in [3.63, 3.8) is 0 Å². The number of carbonyl (C=O) groups is 4. The average molecular weight is 357 g/mol. The first-order valence-electron chi connectivity index (χ1n) is 8.69. The maximum absolute atomic E-state index is 12.9. The number of benzene rings is 1. The molecular weight excluding hydrogens is 338 g/mol. The lowest BCUT2D eigenvalue weighted by atomic mass is 10.0. The van der Waals surface area contributed by atoms with E-state index in [1.165, 1.54) is 4.90 Å². The molecule has 26 heavy (non-hydrogen) atoms. The Hall–Kier alpha value is -2.58. The van der Waals surface area contributed by atoms with E-state index in [0.717, 1.165) is 4.90 Å². The topological polar surface area (TPSA) is 87.2 Å². The summed E-state index contributed by atoms with van der Waals surface area (Å²) in [4.78, 5) is 54.7. The molecule has 0 radical (unpaired) electrons. The summed E-state index contributed by atoms with van der Waals surface area (Å²) in [5.41, 5.74) is 0.615. The Morgan fingerprint density at radius 2 is 1.58 bits per heavy atom.